The van der Waals surface area contributed by atoms with E-state index in [1.807, 2.05) is 0 Å². The van der Waals surface area contributed by atoms with Crippen LogP contribution in [-0.2, 0) is 14.4 Å². The van der Waals surface area contributed by atoms with Crippen LogP contribution in [0.15, 0.2) is 0 Å². The first kappa shape index (κ1) is 16.1. The molecule has 19 heavy (non-hydrogen) atoms. The Bertz CT molecular complexity index is 296. The van der Waals surface area contributed by atoms with Crippen LogP contribution in [0.2, 0.25) is 0 Å². The second-order valence-electron chi connectivity index (χ2n) is 5.56. The number of carbonyl (C=O) groups excluding carboxylic acids is 3. The van der Waals surface area contributed by atoms with Crippen LogP contribution in [0.25, 0.3) is 0 Å². The number of ketones is 2. The van der Waals surface area contributed by atoms with Crippen molar-refractivity contribution in [3.8, 4) is 0 Å². The van der Waals surface area contributed by atoms with Crippen molar-refractivity contribution in [2.24, 2.45) is 5.92 Å². The number of unbranched alkanes of at least 4 members (excludes halogenated alkanes) is 6. The smallest absolute Gasteiger partial charge is 0.143 e. The predicted octanol–water partition coefficient (Wildman–Crippen LogP) is 3.63. The fourth-order valence-corrected chi connectivity index (χ4v) is 2.73. The number of hydrogen-bond acceptors (Lipinski definition) is 3. The molecule has 0 aliphatic heterocycles. The van der Waals surface area contributed by atoms with Crippen LogP contribution in [0.3, 0.4) is 0 Å². The van der Waals surface area contributed by atoms with Gasteiger partial charge >= 0.3 is 0 Å². The van der Waals surface area contributed by atoms with E-state index in [0.29, 0.717) is 19.3 Å². The Morgan fingerprint density at radius 2 is 1.74 bits per heavy atom. The van der Waals surface area contributed by atoms with Crippen molar-refractivity contribution in [3.63, 3.8) is 0 Å². The van der Waals surface area contributed by atoms with Crippen molar-refractivity contribution in [2.75, 3.05) is 0 Å². The SMILES string of the molecule is O=CCCCCCCCCC(=O)C1CCCCC1=O. The maximum Gasteiger partial charge on any atom is 0.143 e. The molecule has 0 N–H and O–H groups in total. The molecular formula is C16H26O3. The van der Waals surface area contributed by atoms with E-state index in [4.69, 9.17) is 0 Å². The van der Waals surface area contributed by atoms with Crippen LogP contribution < -0.4 is 0 Å². The van der Waals surface area contributed by atoms with E-state index in [0.717, 1.165) is 64.1 Å². The highest BCUT2D eigenvalue weighted by Gasteiger charge is 2.27. The molecule has 0 spiro atoms. The third kappa shape index (κ3) is 6.65. The van der Waals surface area contributed by atoms with E-state index < -0.39 is 0 Å². The zero-order valence-electron chi connectivity index (χ0n) is 11.9. The molecule has 0 radical (unpaired) electrons. The van der Waals surface area contributed by atoms with Gasteiger partial charge in [-0.25, -0.2) is 0 Å². The Balaban J connectivity index is 2.01. The first-order valence-electron chi connectivity index (χ1n) is 7.74. The molecule has 0 aromatic rings. The van der Waals surface area contributed by atoms with E-state index in [9.17, 15) is 14.4 Å². The number of hydrogen-bond donors (Lipinski definition) is 0. The summed E-state index contributed by atoms with van der Waals surface area (Å²) in [6.45, 7) is 0. The van der Waals surface area contributed by atoms with E-state index in [-0.39, 0.29) is 17.5 Å². The molecule has 1 saturated carbocycles. The van der Waals surface area contributed by atoms with E-state index in [1.54, 1.807) is 0 Å². The number of rotatable bonds is 10. The Morgan fingerprint density at radius 3 is 2.42 bits per heavy atom. The molecule has 0 bridgehead atoms. The second kappa shape index (κ2) is 9.88. The maximum absolute atomic E-state index is 11.9. The summed E-state index contributed by atoms with van der Waals surface area (Å²) in [5.74, 6) is 0.0668. The molecule has 0 aromatic heterocycles. The largest absolute Gasteiger partial charge is 0.303 e. The molecule has 1 rings (SSSR count). The Morgan fingerprint density at radius 1 is 1.05 bits per heavy atom. The zero-order valence-corrected chi connectivity index (χ0v) is 11.9. The summed E-state index contributed by atoms with van der Waals surface area (Å²) in [6.07, 6.45) is 11.9. The lowest BCUT2D eigenvalue weighted by Crippen LogP contribution is -2.27. The van der Waals surface area contributed by atoms with Gasteiger partial charge in [0, 0.05) is 19.3 Å². The summed E-state index contributed by atoms with van der Waals surface area (Å²) in [4.78, 5) is 33.7. The Kier molecular flexibility index (Phi) is 8.35. The minimum absolute atomic E-state index is 0.171. The maximum atomic E-state index is 11.9. The van der Waals surface area contributed by atoms with Gasteiger partial charge in [-0.2, -0.15) is 0 Å². The fraction of sp³-hybridized carbons (Fsp3) is 0.812. The van der Waals surface area contributed by atoms with Gasteiger partial charge in [-0.05, 0) is 25.7 Å². The summed E-state index contributed by atoms with van der Waals surface area (Å²) in [6, 6.07) is 0. The van der Waals surface area contributed by atoms with Crippen molar-refractivity contribution < 1.29 is 14.4 Å². The summed E-state index contributed by atoms with van der Waals surface area (Å²) in [7, 11) is 0. The van der Waals surface area contributed by atoms with Gasteiger partial charge < -0.3 is 4.79 Å². The number of Topliss-reactive ketones (excluding diaryl/α,β-unsaturated/α-hetero) is 2. The fourth-order valence-electron chi connectivity index (χ4n) is 2.73. The average molecular weight is 266 g/mol. The summed E-state index contributed by atoms with van der Waals surface area (Å²) >= 11 is 0. The Hall–Kier alpha value is -0.990. The van der Waals surface area contributed by atoms with Gasteiger partial charge in [0.05, 0.1) is 5.92 Å². The van der Waals surface area contributed by atoms with Gasteiger partial charge in [-0.3, -0.25) is 9.59 Å². The monoisotopic (exact) mass is 266 g/mol. The van der Waals surface area contributed by atoms with Gasteiger partial charge in [0.25, 0.3) is 0 Å². The summed E-state index contributed by atoms with van der Waals surface area (Å²) in [5.41, 5.74) is 0. The van der Waals surface area contributed by atoms with Gasteiger partial charge in [-0.1, -0.05) is 32.1 Å². The summed E-state index contributed by atoms with van der Waals surface area (Å²) < 4.78 is 0. The zero-order chi connectivity index (χ0) is 13.9. The lowest BCUT2D eigenvalue weighted by atomic mass is 9.83. The lowest BCUT2D eigenvalue weighted by molar-refractivity contribution is -0.134. The molecule has 3 nitrogen and oxygen atoms in total. The molecule has 1 aliphatic carbocycles. The van der Waals surface area contributed by atoms with Crippen molar-refractivity contribution >= 4 is 17.9 Å². The second-order valence-corrected chi connectivity index (χ2v) is 5.56. The highest BCUT2D eigenvalue weighted by Crippen LogP contribution is 2.23. The molecule has 1 unspecified atom stereocenters. The molecule has 0 saturated heterocycles. The molecule has 108 valence electrons. The Labute approximate surface area is 116 Å². The molecule has 0 amide bonds. The quantitative estimate of drug-likeness (QED) is 0.344. The molecule has 3 heteroatoms. The lowest BCUT2D eigenvalue weighted by Gasteiger charge is -2.18. The van der Waals surface area contributed by atoms with Crippen LogP contribution in [0.5, 0.6) is 0 Å². The molecule has 1 atom stereocenters. The van der Waals surface area contributed by atoms with Gasteiger partial charge in [-0.15, -0.1) is 0 Å². The minimum Gasteiger partial charge on any atom is -0.303 e. The van der Waals surface area contributed by atoms with Crippen LogP contribution in [-0.4, -0.2) is 17.9 Å². The first-order valence-corrected chi connectivity index (χ1v) is 7.74. The average Bonchev–Trinajstić information content (AvgIpc) is 2.42. The number of carbonyl (C=O) groups is 3. The van der Waals surface area contributed by atoms with Crippen LogP contribution in [0.1, 0.15) is 77.0 Å². The van der Waals surface area contributed by atoms with Crippen LogP contribution in [0.4, 0.5) is 0 Å². The van der Waals surface area contributed by atoms with Crippen molar-refractivity contribution in [3.05, 3.63) is 0 Å². The van der Waals surface area contributed by atoms with E-state index in [1.165, 1.54) is 0 Å². The standard InChI is InChI=1S/C16H26O3/c17-13-9-5-3-1-2-4-6-11-15(18)14-10-7-8-12-16(14)19/h13-14H,1-12H2. The van der Waals surface area contributed by atoms with Crippen molar-refractivity contribution in [1.82, 2.24) is 0 Å². The molecule has 1 fully saturated rings. The van der Waals surface area contributed by atoms with Crippen molar-refractivity contribution in [2.45, 2.75) is 77.0 Å². The van der Waals surface area contributed by atoms with Gasteiger partial charge in [0.2, 0.25) is 0 Å². The topological polar surface area (TPSA) is 51.2 Å². The third-order valence-corrected chi connectivity index (χ3v) is 3.94. The number of aldehydes is 1. The first-order chi connectivity index (χ1) is 9.25. The highest BCUT2D eigenvalue weighted by atomic mass is 16.2. The molecule has 0 aromatic carbocycles. The predicted molar refractivity (Wildman–Crippen MR) is 75.0 cm³/mol. The molecule has 1 aliphatic rings. The van der Waals surface area contributed by atoms with Crippen LogP contribution >= 0.6 is 0 Å². The minimum atomic E-state index is -0.277. The highest BCUT2D eigenvalue weighted by molar-refractivity contribution is 6.02. The van der Waals surface area contributed by atoms with Crippen LogP contribution in [0, 0.1) is 5.92 Å². The van der Waals surface area contributed by atoms with Gasteiger partial charge in [0.15, 0.2) is 0 Å². The third-order valence-electron chi connectivity index (χ3n) is 3.94. The molecule has 0 heterocycles. The summed E-state index contributed by atoms with van der Waals surface area (Å²) in [5, 5.41) is 0. The molecular weight excluding hydrogens is 240 g/mol. The normalized spacial score (nSPS) is 19.4. The van der Waals surface area contributed by atoms with Crippen molar-refractivity contribution in [1.29, 1.82) is 0 Å². The van der Waals surface area contributed by atoms with E-state index in [2.05, 4.69) is 0 Å². The van der Waals surface area contributed by atoms with Gasteiger partial charge in [0.1, 0.15) is 17.9 Å². The van der Waals surface area contributed by atoms with E-state index >= 15 is 0 Å².